The van der Waals surface area contributed by atoms with E-state index in [-0.39, 0.29) is 0 Å². The Kier molecular flexibility index (Phi) is 3.47. The Balaban J connectivity index is 1.27. The molecule has 1 fully saturated rings. The molecule has 22 heavy (non-hydrogen) atoms. The Morgan fingerprint density at radius 2 is 2.23 bits per heavy atom. The van der Waals surface area contributed by atoms with Crippen LogP contribution in [-0.2, 0) is 13.0 Å². The zero-order valence-corrected chi connectivity index (χ0v) is 12.8. The predicted molar refractivity (Wildman–Crippen MR) is 85.8 cm³/mol. The summed E-state index contributed by atoms with van der Waals surface area (Å²) in [5, 5.41) is 3.44. The van der Waals surface area contributed by atoms with Crippen LogP contribution in [0.1, 0.15) is 36.5 Å². The lowest BCUT2D eigenvalue weighted by Gasteiger charge is -2.00. The summed E-state index contributed by atoms with van der Waals surface area (Å²) in [5.41, 5.74) is 2.12. The van der Waals surface area contributed by atoms with Crippen LogP contribution in [-0.4, -0.2) is 15.9 Å². The molecule has 4 heteroatoms. The van der Waals surface area contributed by atoms with Crippen molar-refractivity contribution in [2.24, 2.45) is 5.92 Å². The second-order valence-corrected chi connectivity index (χ2v) is 6.25. The van der Waals surface area contributed by atoms with Crippen LogP contribution in [0, 0.1) is 5.92 Å². The monoisotopic (exact) mass is 295 g/mol. The molecule has 4 rings (SSSR count). The highest BCUT2D eigenvalue weighted by Crippen LogP contribution is 2.47. The minimum Gasteiger partial charge on any atom is -0.464 e. The lowest BCUT2D eigenvalue weighted by atomic mass is 10.3. The molecule has 3 heterocycles. The minimum atomic E-state index is 0.659. The molecule has 3 aromatic rings. The Morgan fingerprint density at radius 3 is 3.05 bits per heavy atom. The Morgan fingerprint density at radius 1 is 1.32 bits per heavy atom. The number of fused-ring (bicyclic) bond motifs is 1. The lowest BCUT2D eigenvalue weighted by Crippen LogP contribution is -2.16. The minimum absolute atomic E-state index is 0.659. The van der Waals surface area contributed by atoms with Crippen molar-refractivity contribution < 1.29 is 4.42 Å². The molecule has 1 aliphatic carbocycles. The quantitative estimate of drug-likeness (QED) is 0.709. The number of aromatic nitrogens is 2. The number of hydrogen-bond acceptors (Lipinski definition) is 3. The van der Waals surface area contributed by atoms with Gasteiger partial charge in [0.05, 0.1) is 12.2 Å². The molecule has 2 atom stereocenters. The highest BCUT2D eigenvalue weighted by Gasteiger charge is 2.36. The molecule has 3 aromatic heterocycles. The van der Waals surface area contributed by atoms with Gasteiger partial charge in [-0.25, -0.2) is 4.98 Å². The molecule has 0 spiro atoms. The number of pyridine rings is 1. The second kappa shape index (κ2) is 5.61. The van der Waals surface area contributed by atoms with Crippen molar-refractivity contribution in [2.45, 2.75) is 32.2 Å². The average molecular weight is 295 g/mol. The van der Waals surface area contributed by atoms with E-state index in [4.69, 9.17) is 4.42 Å². The summed E-state index contributed by atoms with van der Waals surface area (Å²) >= 11 is 0. The topological polar surface area (TPSA) is 42.5 Å². The van der Waals surface area contributed by atoms with Gasteiger partial charge in [-0.15, -0.1) is 0 Å². The standard InChI is InChI=1S/C18H21N3O/c1-13-10-16(13)17-6-5-15(22-17)11-19-8-7-14-12-21-9-3-2-4-18(21)20-14/h2-6,9,12-13,16,19H,7-8,10-11H2,1H3. The van der Waals surface area contributed by atoms with E-state index < -0.39 is 0 Å². The van der Waals surface area contributed by atoms with Gasteiger partial charge in [-0.3, -0.25) is 0 Å². The average Bonchev–Trinajstić information content (AvgIpc) is 2.95. The van der Waals surface area contributed by atoms with Gasteiger partial charge in [0.25, 0.3) is 0 Å². The molecule has 1 aliphatic rings. The Hall–Kier alpha value is -2.07. The highest BCUT2D eigenvalue weighted by molar-refractivity contribution is 5.39. The molecule has 1 N–H and O–H groups in total. The van der Waals surface area contributed by atoms with Crippen LogP contribution in [0.5, 0.6) is 0 Å². The van der Waals surface area contributed by atoms with Gasteiger partial charge < -0.3 is 14.1 Å². The summed E-state index contributed by atoms with van der Waals surface area (Å²) in [4.78, 5) is 4.60. The van der Waals surface area contributed by atoms with Gasteiger partial charge in [-0.05, 0) is 36.6 Å². The van der Waals surface area contributed by atoms with Gasteiger partial charge >= 0.3 is 0 Å². The van der Waals surface area contributed by atoms with E-state index in [2.05, 4.69) is 40.0 Å². The molecule has 0 aliphatic heterocycles. The fourth-order valence-electron chi connectivity index (χ4n) is 2.94. The molecule has 1 saturated carbocycles. The third-order valence-electron chi connectivity index (χ3n) is 4.43. The molecule has 114 valence electrons. The maximum absolute atomic E-state index is 5.90. The second-order valence-electron chi connectivity index (χ2n) is 6.25. The van der Waals surface area contributed by atoms with E-state index in [0.29, 0.717) is 5.92 Å². The third-order valence-corrected chi connectivity index (χ3v) is 4.43. The van der Waals surface area contributed by atoms with E-state index in [0.717, 1.165) is 48.3 Å². The first-order valence-corrected chi connectivity index (χ1v) is 8.01. The first-order valence-electron chi connectivity index (χ1n) is 8.01. The zero-order valence-electron chi connectivity index (χ0n) is 12.8. The van der Waals surface area contributed by atoms with Gasteiger partial charge in [0.1, 0.15) is 17.2 Å². The van der Waals surface area contributed by atoms with Crippen LogP contribution in [0.2, 0.25) is 0 Å². The molecule has 4 nitrogen and oxygen atoms in total. The first-order chi connectivity index (χ1) is 10.8. The predicted octanol–water partition coefficient (Wildman–Crippen LogP) is 3.38. The van der Waals surface area contributed by atoms with Crippen LogP contribution in [0.15, 0.2) is 47.1 Å². The largest absolute Gasteiger partial charge is 0.464 e. The highest BCUT2D eigenvalue weighted by atomic mass is 16.3. The van der Waals surface area contributed by atoms with Crippen molar-refractivity contribution in [2.75, 3.05) is 6.54 Å². The van der Waals surface area contributed by atoms with Crippen molar-refractivity contribution in [3.05, 3.63) is 59.9 Å². The van der Waals surface area contributed by atoms with E-state index in [1.54, 1.807) is 0 Å². The van der Waals surface area contributed by atoms with Gasteiger partial charge in [0.2, 0.25) is 0 Å². The van der Waals surface area contributed by atoms with Crippen molar-refractivity contribution in [3.8, 4) is 0 Å². The van der Waals surface area contributed by atoms with Crippen LogP contribution in [0.4, 0.5) is 0 Å². The Bertz CT molecular complexity index is 740. The van der Waals surface area contributed by atoms with Crippen molar-refractivity contribution >= 4 is 5.65 Å². The maximum Gasteiger partial charge on any atom is 0.136 e. The van der Waals surface area contributed by atoms with Crippen molar-refractivity contribution in [1.82, 2.24) is 14.7 Å². The third kappa shape index (κ3) is 2.79. The lowest BCUT2D eigenvalue weighted by molar-refractivity contribution is 0.445. The summed E-state index contributed by atoms with van der Waals surface area (Å²) in [5.74, 6) is 3.64. The number of hydrogen-bond donors (Lipinski definition) is 1. The van der Waals surface area contributed by atoms with E-state index in [9.17, 15) is 0 Å². The number of rotatable bonds is 6. The summed E-state index contributed by atoms with van der Waals surface area (Å²) in [6, 6.07) is 10.3. The van der Waals surface area contributed by atoms with Crippen LogP contribution in [0.3, 0.4) is 0 Å². The molecule has 0 radical (unpaired) electrons. The van der Waals surface area contributed by atoms with E-state index in [1.807, 2.05) is 24.4 Å². The number of furan rings is 1. The van der Waals surface area contributed by atoms with Gasteiger partial charge in [0, 0.05) is 31.3 Å². The first kappa shape index (κ1) is 13.6. The summed E-state index contributed by atoms with van der Waals surface area (Å²) in [6.07, 6.45) is 6.32. The van der Waals surface area contributed by atoms with Crippen LogP contribution >= 0.6 is 0 Å². The zero-order chi connectivity index (χ0) is 14.9. The molecule has 2 unspecified atom stereocenters. The van der Waals surface area contributed by atoms with Crippen molar-refractivity contribution in [3.63, 3.8) is 0 Å². The SMILES string of the molecule is CC1CC1c1ccc(CNCCc2cn3ccccc3n2)o1. The normalized spacial score (nSPS) is 20.6. The smallest absolute Gasteiger partial charge is 0.136 e. The molecule has 0 saturated heterocycles. The summed E-state index contributed by atoms with van der Waals surface area (Å²) in [7, 11) is 0. The fraction of sp³-hybridized carbons (Fsp3) is 0.389. The van der Waals surface area contributed by atoms with Gasteiger partial charge in [-0.2, -0.15) is 0 Å². The molecular weight excluding hydrogens is 274 g/mol. The molecule has 0 aromatic carbocycles. The molecule has 0 bridgehead atoms. The van der Waals surface area contributed by atoms with Crippen LogP contribution < -0.4 is 5.32 Å². The number of nitrogens with one attached hydrogen (secondary N) is 1. The van der Waals surface area contributed by atoms with Gasteiger partial charge in [0.15, 0.2) is 0 Å². The number of imidazole rings is 1. The number of nitrogens with zero attached hydrogens (tertiary/aromatic N) is 2. The molecule has 0 amide bonds. The van der Waals surface area contributed by atoms with Gasteiger partial charge in [-0.1, -0.05) is 13.0 Å². The maximum atomic E-state index is 5.90. The van der Waals surface area contributed by atoms with Crippen molar-refractivity contribution in [1.29, 1.82) is 0 Å². The summed E-state index contributed by atoms with van der Waals surface area (Å²) < 4.78 is 7.96. The van der Waals surface area contributed by atoms with Crippen LogP contribution in [0.25, 0.3) is 5.65 Å². The fourth-order valence-corrected chi connectivity index (χ4v) is 2.94. The molecular formula is C18H21N3O. The summed E-state index contributed by atoms with van der Waals surface area (Å²) in [6.45, 7) is 3.97. The van der Waals surface area contributed by atoms with E-state index in [1.165, 1.54) is 6.42 Å². The Labute approximate surface area is 130 Å². The van der Waals surface area contributed by atoms with E-state index >= 15 is 0 Å².